The molecule has 0 atom stereocenters. The third-order valence-corrected chi connectivity index (χ3v) is 3.24. The number of rotatable bonds is 7. The fourth-order valence-electron chi connectivity index (χ4n) is 2.16. The molecule has 0 aliphatic rings. The molecule has 0 radical (unpaired) electrons. The third kappa shape index (κ3) is 4.45. The van der Waals surface area contributed by atoms with Crippen LogP contribution in [-0.2, 0) is 6.18 Å². The van der Waals surface area contributed by atoms with Gasteiger partial charge in [-0.25, -0.2) is 9.97 Å². The van der Waals surface area contributed by atoms with Gasteiger partial charge in [-0.2, -0.15) is 13.2 Å². The number of halogens is 3. The molecule has 0 aliphatic heterocycles. The van der Waals surface area contributed by atoms with Crippen LogP contribution in [0.5, 0.6) is 0 Å². The molecule has 21 heavy (non-hydrogen) atoms. The summed E-state index contributed by atoms with van der Waals surface area (Å²) in [5, 5.41) is 11.8. The number of nitrogens with zero attached hydrogens (tertiary/aromatic N) is 3. The topological polar surface area (TPSA) is 61.3 Å². The highest BCUT2D eigenvalue weighted by Crippen LogP contribution is 2.30. The lowest BCUT2D eigenvalue weighted by molar-refractivity contribution is -0.144. The van der Waals surface area contributed by atoms with Crippen molar-refractivity contribution in [1.82, 2.24) is 9.97 Å². The van der Waals surface area contributed by atoms with Gasteiger partial charge in [0.25, 0.3) is 0 Å². The summed E-state index contributed by atoms with van der Waals surface area (Å²) in [6.45, 7) is 3.97. The molecule has 120 valence electrons. The molecule has 5 nitrogen and oxygen atoms in total. The Hall–Kier alpha value is -1.57. The van der Waals surface area contributed by atoms with Crippen LogP contribution < -0.4 is 10.2 Å². The van der Waals surface area contributed by atoms with Crippen LogP contribution >= 0.6 is 0 Å². The third-order valence-electron chi connectivity index (χ3n) is 3.24. The number of alkyl halides is 3. The Bertz CT molecular complexity index is 450. The van der Waals surface area contributed by atoms with Crippen molar-refractivity contribution in [3.05, 3.63) is 11.9 Å². The molecule has 1 rings (SSSR count). The zero-order valence-electron chi connectivity index (χ0n) is 12.4. The number of aliphatic hydroxyl groups excluding tert-OH is 1. The second kappa shape index (κ2) is 7.44. The normalized spacial score (nSPS) is 11.8. The smallest absolute Gasteiger partial charge is 0.395 e. The van der Waals surface area contributed by atoms with Crippen molar-refractivity contribution < 1.29 is 18.3 Å². The molecule has 0 fully saturated rings. The molecule has 2 N–H and O–H groups in total. The van der Waals surface area contributed by atoms with Gasteiger partial charge in [0.15, 0.2) is 0 Å². The lowest BCUT2D eigenvalue weighted by Crippen LogP contribution is -2.38. The summed E-state index contributed by atoms with van der Waals surface area (Å²) in [5.74, 6) is -0.913. The van der Waals surface area contributed by atoms with Gasteiger partial charge in [0.1, 0.15) is 11.6 Å². The number of aromatic nitrogens is 2. The van der Waals surface area contributed by atoms with Crippen molar-refractivity contribution in [3.8, 4) is 0 Å². The molecule has 1 aromatic heterocycles. The minimum Gasteiger partial charge on any atom is -0.395 e. The lowest BCUT2D eigenvalue weighted by Gasteiger charge is -2.31. The van der Waals surface area contributed by atoms with E-state index in [9.17, 15) is 18.3 Å². The number of hydrogen-bond acceptors (Lipinski definition) is 5. The van der Waals surface area contributed by atoms with Crippen molar-refractivity contribution in [3.63, 3.8) is 0 Å². The monoisotopic (exact) mass is 306 g/mol. The van der Waals surface area contributed by atoms with E-state index in [0.29, 0.717) is 0 Å². The highest BCUT2D eigenvalue weighted by molar-refractivity contribution is 5.50. The molecule has 0 unspecified atom stereocenters. The van der Waals surface area contributed by atoms with Crippen molar-refractivity contribution in [2.45, 2.75) is 38.9 Å². The van der Waals surface area contributed by atoms with Gasteiger partial charge in [0.2, 0.25) is 5.82 Å². The number of aliphatic hydroxyl groups is 1. The van der Waals surface area contributed by atoms with Crippen LogP contribution in [-0.4, -0.2) is 41.3 Å². The maximum atomic E-state index is 12.9. The molecule has 0 bridgehead atoms. The van der Waals surface area contributed by atoms with Crippen LogP contribution in [0, 0.1) is 0 Å². The van der Waals surface area contributed by atoms with E-state index < -0.39 is 12.0 Å². The van der Waals surface area contributed by atoms with Crippen LogP contribution in [0.15, 0.2) is 6.07 Å². The van der Waals surface area contributed by atoms with Crippen molar-refractivity contribution >= 4 is 11.6 Å². The van der Waals surface area contributed by atoms with E-state index in [1.54, 1.807) is 4.90 Å². The van der Waals surface area contributed by atoms with Gasteiger partial charge in [-0.15, -0.1) is 0 Å². The molecule has 0 saturated heterocycles. The zero-order valence-corrected chi connectivity index (χ0v) is 12.4. The maximum Gasteiger partial charge on any atom is 0.451 e. The van der Waals surface area contributed by atoms with E-state index in [0.717, 1.165) is 12.8 Å². The largest absolute Gasteiger partial charge is 0.451 e. The second-order valence-electron chi connectivity index (χ2n) is 4.57. The van der Waals surface area contributed by atoms with Gasteiger partial charge < -0.3 is 15.3 Å². The first kappa shape index (κ1) is 17.5. The van der Waals surface area contributed by atoms with Gasteiger partial charge in [-0.3, -0.25) is 0 Å². The van der Waals surface area contributed by atoms with Gasteiger partial charge >= 0.3 is 6.18 Å². The van der Waals surface area contributed by atoms with E-state index >= 15 is 0 Å². The molecule has 8 heteroatoms. The molecule has 1 aromatic rings. The summed E-state index contributed by atoms with van der Waals surface area (Å²) in [6.07, 6.45) is -3.12. The minimum atomic E-state index is -4.61. The van der Waals surface area contributed by atoms with Crippen LogP contribution in [0.25, 0.3) is 0 Å². The Kier molecular flexibility index (Phi) is 6.19. The van der Waals surface area contributed by atoms with Gasteiger partial charge in [-0.05, 0) is 12.8 Å². The molecule has 0 aromatic carbocycles. The highest BCUT2D eigenvalue weighted by Gasteiger charge is 2.36. The average molecular weight is 306 g/mol. The van der Waals surface area contributed by atoms with Crippen molar-refractivity contribution in [1.29, 1.82) is 0 Å². The number of nitrogens with one attached hydrogen (secondary N) is 1. The zero-order chi connectivity index (χ0) is 16.0. The van der Waals surface area contributed by atoms with Gasteiger partial charge in [-0.1, -0.05) is 13.8 Å². The molecule has 0 spiro atoms. The van der Waals surface area contributed by atoms with Crippen LogP contribution in [0.2, 0.25) is 0 Å². The number of hydrogen-bond donors (Lipinski definition) is 2. The SMILES string of the molecule is CCC(CC)N(CCO)c1cc(NC)nc(C(F)(F)F)n1. The number of anilines is 2. The summed E-state index contributed by atoms with van der Waals surface area (Å²) in [4.78, 5) is 8.76. The lowest BCUT2D eigenvalue weighted by atomic mass is 10.1. The Morgan fingerprint density at radius 2 is 1.90 bits per heavy atom. The summed E-state index contributed by atoms with van der Waals surface area (Å²) in [6, 6.07) is 1.47. The van der Waals surface area contributed by atoms with E-state index in [1.807, 2.05) is 13.8 Å². The summed E-state index contributed by atoms with van der Waals surface area (Å²) in [5.41, 5.74) is 0. The molecule has 0 saturated carbocycles. The first-order valence-corrected chi connectivity index (χ1v) is 6.88. The molecule has 0 amide bonds. The fourth-order valence-corrected chi connectivity index (χ4v) is 2.16. The van der Waals surface area contributed by atoms with Gasteiger partial charge in [0.05, 0.1) is 6.61 Å². The Morgan fingerprint density at radius 1 is 1.29 bits per heavy atom. The molecule has 0 aliphatic carbocycles. The maximum absolute atomic E-state index is 12.9. The first-order valence-electron chi connectivity index (χ1n) is 6.88. The summed E-state index contributed by atoms with van der Waals surface area (Å²) in [7, 11) is 1.50. The quantitative estimate of drug-likeness (QED) is 0.810. The predicted octanol–water partition coefficient (Wildman–Crippen LogP) is 2.52. The standard InChI is InChI=1S/C13H21F3N4O/c1-4-9(5-2)20(6-7-21)11-8-10(17-3)18-12(19-11)13(14,15)16/h8-9,21H,4-7H2,1-3H3,(H,17,18,19). The van der Waals surface area contributed by atoms with E-state index in [2.05, 4.69) is 15.3 Å². The summed E-state index contributed by atoms with van der Waals surface area (Å²) < 4.78 is 38.6. The van der Waals surface area contributed by atoms with E-state index in [-0.39, 0.29) is 30.8 Å². The van der Waals surface area contributed by atoms with Crippen LogP contribution in [0.1, 0.15) is 32.5 Å². The van der Waals surface area contributed by atoms with Crippen molar-refractivity contribution in [2.24, 2.45) is 0 Å². The van der Waals surface area contributed by atoms with E-state index in [1.165, 1.54) is 13.1 Å². The first-order chi connectivity index (χ1) is 9.87. The molecular formula is C13H21F3N4O. The predicted molar refractivity (Wildman–Crippen MR) is 75.4 cm³/mol. The Balaban J connectivity index is 3.29. The van der Waals surface area contributed by atoms with Crippen molar-refractivity contribution in [2.75, 3.05) is 30.4 Å². The highest BCUT2D eigenvalue weighted by atomic mass is 19.4. The second-order valence-corrected chi connectivity index (χ2v) is 4.57. The fraction of sp³-hybridized carbons (Fsp3) is 0.692. The van der Waals surface area contributed by atoms with Crippen LogP contribution in [0.3, 0.4) is 0 Å². The molecular weight excluding hydrogens is 285 g/mol. The van der Waals surface area contributed by atoms with E-state index in [4.69, 9.17) is 0 Å². The van der Waals surface area contributed by atoms with Gasteiger partial charge in [0, 0.05) is 25.7 Å². The minimum absolute atomic E-state index is 0.0119. The Morgan fingerprint density at radius 3 is 2.33 bits per heavy atom. The van der Waals surface area contributed by atoms with Crippen LogP contribution in [0.4, 0.5) is 24.8 Å². The Labute approximate surface area is 122 Å². The molecule has 1 heterocycles. The average Bonchev–Trinajstić information content (AvgIpc) is 2.46. The summed E-state index contributed by atoms with van der Waals surface area (Å²) >= 11 is 0.